The first-order valence-corrected chi connectivity index (χ1v) is 8.13. The number of carboxylic acids is 1. The third-order valence-electron chi connectivity index (χ3n) is 5.03. The third-order valence-corrected chi connectivity index (χ3v) is 5.52. The van der Waals surface area contributed by atoms with Crippen LogP contribution in [-0.4, -0.2) is 17.1 Å². The number of aromatic carboxylic acids is 1. The number of fused-ring (bicyclic) bond motifs is 2. The van der Waals surface area contributed by atoms with Crippen molar-refractivity contribution < 1.29 is 9.90 Å². The Morgan fingerprint density at radius 1 is 1.40 bits per heavy atom. The first kappa shape index (κ1) is 13.9. The van der Waals surface area contributed by atoms with Gasteiger partial charge in [-0.1, -0.05) is 22.4 Å². The molecule has 0 radical (unpaired) electrons. The Morgan fingerprint density at radius 2 is 2.20 bits per heavy atom. The molecule has 2 saturated carbocycles. The van der Waals surface area contributed by atoms with E-state index >= 15 is 0 Å². The molecule has 2 bridgehead atoms. The Hall–Kier alpha value is -1.03. The van der Waals surface area contributed by atoms with Gasteiger partial charge < -0.3 is 10.4 Å². The second-order valence-electron chi connectivity index (χ2n) is 6.27. The number of hydrogen-bond donors (Lipinski definition) is 2. The molecule has 0 saturated heterocycles. The van der Waals surface area contributed by atoms with Crippen LogP contribution in [0.5, 0.6) is 0 Å². The van der Waals surface area contributed by atoms with Crippen LogP contribution < -0.4 is 5.32 Å². The van der Waals surface area contributed by atoms with Gasteiger partial charge in [-0.05, 0) is 62.1 Å². The minimum Gasteiger partial charge on any atom is -0.478 e. The van der Waals surface area contributed by atoms with Crippen molar-refractivity contribution in [3.63, 3.8) is 0 Å². The summed E-state index contributed by atoms with van der Waals surface area (Å²) in [5, 5.41) is 12.7. The molecule has 2 aliphatic carbocycles. The number of hydrogen-bond acceptors (Lipinski definition) is 2. The fraction of sp³-hybridized carbons (Fsp3) is 0.562. The molecule has 4 heteroatoms. The van der Waals surface area contributed by atoms with Crippen molar-refractivity contribution in [2.45, 2.75) is 38.6 Å². The zero-order valence-electron chi connectivity index (χ0n) is 11.6. The monoisotopic (exact) mass is 337 g/mol. The highest BCUT2D eigenvalue weighted by atomic mass is 79.9. The summed E-state index contributed by atoms with van der Waals surface area (Å²) in [6.45, 7) is 2.19. The molecule has 0 amide bonds. The summed E-state index contributed by atoms with van der Waals surface area (Å²) in [7, 11) is 0. The maximum absolute atomic E-state index is 11.3. The third kappa shape index (κ3) is 2.58. The van der Waals surface area contributed by atoms with Gasteiger partial charge in [0.25, 0.3) is 0 Å². The van der Waals surface area contributed by atoms with E-state index in [1.54, 1.807) is 12.1 Å². The summed E-state index contributed by atoms with van der Waals surface area (Å²) < 4.78 is 0.908. The Balaban J connectivity index is 1.77. The van der Waals surface area contributed by atoms with Crippen LogP contribution in [0.25, 0.3) is 0 Å². The molecule has 0 aromatic heterocycles. The highest BCUT2D eigenvalue weighted by molar-refractivity contribution is 9.10. The molecule has 0 aliphatic heterocycles. The number of benzene rings is 1. The van der Waals surface area contributed by atoms with Gasteiger partial charge in [0.15, 0.2) is 0 Å². The van der Waals surface area contributed by atoms with Gasteiger partial charge in [-0.2, -0.15) is 0 Å². The molecule has 1 aromatic carbocycles. The van der Waals surface area contributed by atoms with Crippen molar-refractivity contribution in [2.24, 2.45) is 17.8 Å². The summed E-state index contributed by atoms with van der Waals surface area (Å²) in [6.07, 6.45) is 5.42. The molecule has 4 atom stereocenters. The molecule has 2 N–H and O–H groups in total. The van der Waals surface area contributed by atoms with Crippen LogP contribution in [0.2, 0.25) is 0 Å². The lowest BCUT2D eigenvalue weighted by Gasteiger charge is -2.29. The van der Waals surface area contributed by atoms with Crippen molar-refractivity contribution in [3.8, 4) is 0 Å². The number of carbonyl (C=O) groups is 1. The molecule has 1 aromatic rings. The molecular weight excluding hydrogens is 318 g/mol. The smallest absolute Gasteiger partial charge is 0.337 e. The first-order chi connectivity index (χ1) is 9.54. The standard InChI is InChI=1S/C16H20BrNO2/c1-9(14-7-10-2-3-11(14)6-10)18-15-8-12(17)4-5-13(15)16(19)20/h4-5,8-11,14,18H,2-3,6-7H2,1H3,(H,19,20). The van der Waals surface area contributed by atoms with Crippen LogP contribution in [-0.2, 0) is 0 Å². The Labute approximate surface area is 127 Å². The lowest BCUT2D eigenvalue weighted by Crippen LogP contribution is -2.30. The minimum absolute atomic E-state index is 0.331. The molecule has 4 unspecified atom stereocenters. The SMILES string of the molecule is CC(Nc1cc(Br)ccc1C(=O)O)C1CC2CCC1C2. The predicted molar refractivity (Wildman–Crippen MR) is 83.1 cm³/mol. The topological polar surface area (TPSA) is 49.3 Å². The largest absolute Gasteiger partial charge is 0.478 e. The molecule has 108 valence electrons. The normalized spacial score (nSPS) is 29.4. The Kier molecular flexibility index (Phi) is 3.76. The van der Waals surface area contributed by atoms with E-state index in [-0.39, 0.29) is 0 Å². The number of rotatable bonds is 4. The van der Waals surface area contributed by atoms with E-state index < -0.39 is 5.97 Å². The summed E-state index contributed by atoms with van der Waals surface area (Å²) >= 11 is 3.42. The van der Waals surface area contributed by atoms with E-state index in [1.807, 2.05) is 6.07 Å². The highest BCUT2D eigenvalue weighted by Gasteiger charge is 2.41. The zero-order valence-corrected chi connectivity index (χ0v) is 13.2. The van der Waals surface area contributed by atoms with Crippen molar-refractivity contribution in [1.29, 1.82) is 0 Å². The molecule has 3 rings (SSSR count). The molecule has 0 heterocycles. The lowest BCUT2D eigenvalue weighted by molar-refractivity contribution is 0.0698. The molecular formula is C16H20BrNO2. The van der Waals surface area contributed by atoms with Crippen molar-refractivity contribution >= 4 is 27.6 Å². The van der Waals surface area contributed by atoms with E-state index in [0.717, 1.165) is 22.0 Å². The van der Waals surface area contributed by atoms with Gasteiger partial charge in [-0.25, -0.2) is 4.79 Å². The zero-order chi connectivity index (χ0) is 14.3. The summed E-state index contributed by atoms with van der Waals surface area (Å²) in [5.74, 6) is 1.56. The van der Waals surface area contributed by atoms with E-state index in [0.29, 0.717) is 17.5 Å². The van der Waals surface area contributed by atoms with Crippen LogP contribution in [0.4, 0.5) is 5.69 Å². The number of carboxylic acid groups (broad SMARTS) is 1. The van der Waals surface area contributed by atoms with Gasteiger partial charge >= 0.3 is 5.97 Å². The van der Waals surface area contributed by atoms with Gasteiger partial charge in [0, 0.05) is 10.5 Å². The maximum atomic E-state index is 11.3. The molecule has 0 spiro atoms. The van der Waals surface area contributed by atoms with Crippen LogP contribution in [0.3, 0.4) is 0 Å². The van der Waals surface area contributed by atoms with Gasteiger partial charge in [0.1, 0.15) is 0 Å². The van der Waals surface area contributed by atoms with E-state index in [2.05, 4.69) is 28.2 Å². The average Bonchev–Trinajstić information content (AvgIpc) is 3.00. The number of anilines is 1. The van der Waals surface area contributed by atoms with E-state index in [1.165, 1.54) is 25.7 Å². The lowest BCUT2D eigenvalue weighted by atomic mass is 9.84. The minimum atomic E-state index is -0.875. The number of halogens is 1. The molecule has 20 heavy (non-hydrogen) atoms. The van der Waals surface area contributed by atoms with Gasteiger partial charge in [-0.3, -0.25) is 0 Å². The number of nitrogens with one attached hydrogen (secondary N) is 1. The summed E-state index contributed by atoms with van der Waals surface area (Å²) in [5.41, 5.74) is 1.07. The molecule has 3 nitrogen and oxygen atoms in total. The quantitative estimate of drug-likeness (QED) is 0.856. The van der Waals surface area contributed by atoms with Crippen LogP contribution in [0, 0.1) is 17.8 Å². The van der Waals surface area contributed by atoms with E-state index in [4.69, 9.17) is 0 Å². The van der Waals surface area contributed by atoms with Crippen molar-refractivity contribution in [1.82, 2.24) is 0 Å². The maximum Gasteiger partial charge on any atom is 0.337 e. The second kappa shape index (κ2) is 5.40. The fourth-order valence-electron chi connectivity index (χ4n) is 4.08. The van der Waals surface area contributed by atoms with Crippen molar-refractivity contribution in [2.75, 3.05) is 5.32 Å². The van der Waals surface area contributed by atoms with Gasteiger partial charge in [0.05, 0.1) is 11.3 Å². The molecule has 2 fully saturated rings. The van der Waals surface area contributed by atoms with Crippen LogP contribution in [0.1, 0.15) is 43.0 Å². The van der Waals surface area contributed by atoms with Crippen molar-refractivity contribution in [3.05, 3.63) is 28.2 Å². The molecule has 2 aliphatic rings. The average molecular weight is 338 g/mol. The van der Waals surface area contributed by atoms with Gasteiger partial charge in [0.2, 0.25) is 0 Å². The van der Waals surface area contributed by atoms with E-state index in [9.17, 15) is 9.90 Å². The van der Waals surface area contributed by atoms with Crippen LogP contribution in [0.15, 0.2) is 22.7 Å². The first-order valence-electron chi connectivity index (χ1n) is 7.34. The summed E-state index contributed by atoms with van der Waals surface area (Å²) in [6, 6.07) is 5.63. The second-order valence-corrected chi connectivity index (χ2v) is 7.18. The highest BCUT2D eigenvalue weighted by Crippen LogP contribution is 2.49. The fourth-order valence-corrected chi connectivity index (χ4v) is 4.44. The van der Waals surface area contributed by atoms with Crippen LogP contribution >= 0.6 is 15.9 Å². The Morgan fingerprint density at radius 3 is 2.80 bits per heavy atom. The van der Waals surface area contributed by atoms with Gasteiger partial charge in [-0.15, -0.1) is 0 Å². The Bertz CT molecular complexity index is 531. The predicted octanol–water partition coefficient (Wildman–Crippen LogP) is 4.38. The summed E-state index contributed by atoms with van der Waals surface area (Å²) in [4.78, 5) is 11.3.